The molecule has 5 nitrogen and oxygen atoms in total. The monoisotopic (exact) mass is 210 g/mol. The van der Waals surface area contributed by atoms with Crippen molar-refractivity contribution in [1.29, 1.82) is 0 Å². The van der Waals surface area contributed by atoms with Gasteiger partial charge in [0.1, 0.15) is 6.04 Å². The van der Waals surface area contributed by atoms with E-state index in [0.717, 1.165) is 5.69 Å². The van der Waals surface area contributed by atoms with Crippen LogP contribution < -0.4 is 10.1 Å². The van der Waals surface area contributed by atoms with Crippen molar-refractivity contribution in [1.82, 2.24) is 4.98 Å². The molecule has 0 saturated heterocycles. The average molecular weight is 210 g/mol. The number of esters is 1. The maximum atomic E-state index is 11.1. The zero-order valence-electron chi connectivity index (χ0n) is 8.98. The van der Waals surface area contributed by atoms with Crippen LogP contribution in [0.2, 0.25) is 0 Å². The first kappa shape index (κ1) is 11.3. The molecule has 1 aromatic rings. The smallest absolute Gasteiger partial charge is 0.327 e. The Morgan fingerprint density at radius 1 is 1.47 bits per heavy atom. The summed E-state index contributed by atoms with van der Waals surface area (Å²) in [4.78, 5) is 15.1. The lowest BCUT2D eigenvalue weighted by atomic mass is 10.3. The number of hydrogen-bond donors (Lipinski definition) is 1. The number of methoxy groups -OCH3 is 2. The lowest BCUT2D eigenvalue weighted by molar-refractivity contribution is -0.141. The van der Waals surface area contributed by atoms with E-state index in [1.807, 2.05) is 0 Å². The summed E-state index contributed by atoms with van der Waals surface area (Å²) in [6.07, 6.45) is 1.60. The van der Waals surface area contributed by atoms with Crippen LogP contribution >= 0.6 is 0 Å². The van der Waals surface area contributed by atoms with Gasteiger partial charge < -0.3 is 14.8 Å². The number of pyridine rings is 1. The Balaban J connectivity index is 2.60. The van der Waals surface area contributed by atoms with Crippen LogP contribution in [0.5, 0.6) is 5.88 Å². The van der Waals surface area contributed by atoms with Gasteiger partial charge in [0.05, 0.1) is 26.1 Å². The van der Waals surface area contributed by atoms with Gasteiger partial charge in [0, 0.05) is 6.07 Å². The lowest BCUT2D eigenvalue weighted by Gasteiger charge is -2.12. The van der Waals surface area contributed by atoms with Gasteiger partial charge in [0.2, 0.25) is 5.88 Å². The Hall–Kier alpha value is -1.78. The first-order valence-corrected chi connectivity index (χ1v) is 4.51. The van der Waals surface area contributed by atoms with E-state index in [0.29, 0.717) is 5.88 Å². The number of ether oxygens (including phenoxy) is 2. The van der Waals surface area contributed by atoms with E-state index in [4.69, 9.17) is 4.74 Å². The highest BCUT2D eigenvalue weighted by atomic mass is 16.5. The standard InChI is InChI=1S/C10H14N2O3/c1-7(10(13)15-3)12-8-4-5-9(14-2)11-6-8/h4-7,12H,1-3H3. The SMILES string of the molecule is COC(=O)C(C)Nc1ccc(OC)nc1. The molecular formula is C10H14N2O3. The second kappa shape index (κ2) is 5.19. The molecule has 1 heterocycles. The normalized spacial score (nSPS) is 11.7. The van der Waals surface area contributed by atoms with Crippen molar-refractivity contribution >= 4 is 11.7 Å². The van der Waals surface area contributed by atoms with E-state index in [1.165, 1.54) is 7.11 Å². The van der Waals surface area contributed by atoms with Gasteiger partial charge in [-0.1, -0.05) is 0 Å². The summed E-state index contributed by atoms with van der Waals surface area (Å²) in [6, 6.07) is 3.10. The van der Waals surface area contributed by atoms with Gasteiger partial charge in [0.15, 0.2) is 0 Å². The van der Waals surface area contributed by atoms with Crippen LogP contribution in [0.3, 0.4) is 0 Å². The number of nitrogens with one attached hydrogen (secondary N) is 1. The molecule has 0 aromatic carbocycles. The highest BCUT2D eigenvalue weighted by Crippen LogP contribution is 2.12. The number of nitrogens with zero attached hydrogens (tertiary/aromatic N) is 1. The van der Waals surface area contributed by atoms with Crippen LogP contribution in [0.15, 0.2) is 18.3 Å². The van der Waals surface area contributed by atoms with Gasteiger partial charge in [-0.2, -0.15) is 0 Å². The Labute approximate surface area is 88.4 Å². The minimum absolute atomic E-state index is 0.314. The van der Waals surface area contributed by atoms with E-state index in [-0.39, 0.29) is 5.97 Å². The molecule has 5 heteroatoms. The fourth-order valence-corrected chi connectivity index (χ4v) is 1.07. The molecular weight excluding hydrogens is 196 g/mol. The Kier molecular flexibility index (Phi) is 3.91. The summed E-state index contributed by atoms with van der Waals surface area (Å²) in [5.41, 5.74) is 0.744. The second-order valence-corrected chi connectivity index (χ2v) is 2.98. The highest BCUT2D eigenvalue weighted by Gasteiger charge is 2.12. The molecule has 0 aliphatic carbocycles. The molecule has 0 saturated carbocycles. The van der Waals surface area contributed by atoms with Crippen molar-refractivity contribution in [3.63, 3.8) is 0 Å². The topological polar surface area (TPSA) is 60.5 Å². The van der Waals surface area contributed by atoms with E-state index in [1.54, 1.807) is 32.4 Å². The molecule has 0 aliphatic rings. The number of hydrogen-bond acceptors (Lipinski definition) is 5. The van der Waals surface area contributed by atoms with Crippen LogP contribution in [0.25, 0.3) is 0 Å². The van der Waals surface area contributed by atoms with Crippen LogP contribution in [0.4, 0.5) is 5.69 Å². The number of anilines is 1. The maximum absolute atomic E-state index is 11.1. The zero-order valence-corrected chi connectivity index (χ0v) is 8.98. The van der Waals surface area contributed by atoms with Gasteiger partial charge in [0.25, 0.3) is 0 Å². The summed E-state index contributed by atoms with van der Waals surface area (Å²) in [5.74, 6) is 0.220. The molecule has 0 radical (unpaired) electrons. The van der Waals surface area contributed by atoms with Crippen molar-refractivity contribution in [3.8, 4) is 5.88 Å². The largest absolute Gasteiger partial charge is 0.481 e. The first-order chi connectivity index (χ1) is 7.17. The Morgan fingerprint density at radius 3 is 2.67 bits per heavy atom. The van der Waals surface area contributed by atoms with Crippen molar-refractivity contribution in [2.24, 2.45) is 0 Å². The predicted octanol–water partition coefficient (Wildman–Crippen LogP) is 1.06. The van der Waals surface area contributed by atoms with Crippen LogP contribution in [0, 0.1) is 0 Å². The van der Waals surface area contributed by atoms with Crippen LogP contribution in [-0.2, 0) is 9.53 Å². The third-order valence-corrected chi connectivity index (χ3v) is 1.88. The minimum atomic E-state index is -0.398. The molecule has 0 spiro atoms. The molecule has 1 N–H and O–H groups in total. The van der Waals surface area contributed by atoms with Gasteiger partial charge in [-0.15, -0.1) is 0 Å². The lowest BCUT2D eigenvalue weighted by Crippen LogP contribution is -2.27. The molecule has 1 unspecified atom stereocenters. The molecule has 1 rings (SSSR count). The molecule has 0 fully saturated rings. The maximum Gasteiger partial charge on any atom is 0.327 e. The van der Waals surface area contributed by atoms with E-state index in [2.05, 4.69) is 15.0 Å². The Morgan fingerprint density at radius 2 is 2.20 bits per heavy atom. The number of aromatic nitrogens is 1. The van der Waals surface area contributed by atoms with Crippen molar-refractivity contribution in [3.05, 3.63) is 18.3 Å². The van der Waals surface area contributed by atoms with Gasteiger partial charge >= 0.3 is 5.97 Å². The zero-order chi connectivity index (χ0) is 11.3. The van der Waals surface area contributed by atoms with Crippen molar-refractivity contribution < 1.29 is 14.3 Å². The van der Waals surface area contributed by atoms with E-state index >= 15 is 0 Å². The third-order valence-electron chi connectivity index (χ3n) is 1.88. The number of rotatable bonds is 4. The molecule has 1 atom stereocenters. The number of carbonyl (C=O) groups is 1. The van der Waals surface area contributed by atoms with Crippen molar-refractivity contribution in [2.45, 2.75) is 13.0 Å². The summed E-state index contributed by atoms with van der Waals surface area (Å²) in [5, 5.41) is 2.95. The van der Waals surface area contributed by atoms with Gasteiger partial charge in [-0.05, 0) is 13.0 Å². The van der Waals surface area contributed by atoms with Gasteiger partial charge in [-0.25, -0.2) is 9.78 Å². The third kappa shape index (κ3) is 3.12. The second-order valence-electron chi connectivity index (χ2n) is 2.98. The first-order valence-electron chi connectivity index (χ1n) is 4.51. The molecule has 1 aromatic heterocycles. The summed E-state index contributed by atoms with van der Waals surface area (Å²) in [6.45, 7) is 1.72. The van der Waals surface area contributed by atoms with Crippen LogP contribution in [0.1, 0.15) is 6.92 Å². The van der Waals surface area contributed by atoms with E-state index < -0.39 is 6.04 Å². The number of carbonyl (C=O) groups excluding carboxylic acids is 1. The van der Waals surface area contributed by atoms with Crippen LogP contribution in [-0.4, -0.2) is 31.2 Å². The molecule has 0 aliphatic heterocycles. The molecule has 0 amide bonds. The fraction of sp³-hybridized carbons (Fsp3) is 0.400. The molecule has 0 bridgehead atoms. The predicted molar refractivity (Wildman–Crippen MR) is 55.9 cm³/mol. The minimum Gasteiger partial charge on any atom is -0.481 e. The highest BCUT2D eigenvalue weighted by molar-refractivity contribution is 5.78. The molecule has 82 valence electrons. The van der Waals surface area contributed by atoms with Gasteiger partial charge in [-0.3, -0.25) is 0 Å². The molecule has 15 heavy (non-hydrogen) atoms. The quantitative estimate of drug-likeness (QED) is 0.753. The fourth-order valence-electron chi connectivity index (χ4n) is 1.07. The van der Waals surface area contributed by atoms with Crippen molar-refractivity contribution in [2.75, 3.05) is 19.5 Å². The summed E-state index contributed by atoms with van der Waals surface area (Å²) in [7, 11) is 2.90. The summed E-state index contributed by atoms with van der Waals surface area (Å²) < 4.78 is 9.49. The average Bonchev–Trinajstić information content (AvgIpc) is 2.29. The Bertz CT molecular complexity index is 324. The summed E-state index contributed by atoms with van der Waals surface area (Å²) >= 11 is 0. The van der Waals surface area contributed by atoms with E-state index in [9.17, 15) is 4.79 Å².